The van der Waals surface area contributed by atoms with Crippen LogP contribution in [0.4, 0.5) is 5.82 Å². The molecule has 2 aliphatic heterocycles. The normalized spacial score (nSPS) is 22.5. The van der Waals surface area contributed by atoms with Gasteiger partial charge in [-0.25, -0.2) is 4.98 Å². The maximum Gasteiger partial charge on any atom is 0.230 e. The highest BCUT2D eigenvalue weighted by Crippen LogP contribution is 2.37. The highest BCUT2D eigenvalue weighted by Gasteiger charge is 2.30. The Morgan fingerprint density at radius 2 is 1.97 bits per heavy atom. The molecule has 3 fully saturated rings. The topological polar surface area (TPSA) is 87.4 Å². The fraction of sp³-hybridized carbons (Fsp3) is 0.667. The predicted molar refractivity (Wildman–Crippen MR) is 122 cm³/mol. The minimum atomic E-state index is -0.0178. The van der Waals surface area contributed by atoms with Gasteiger partial charge in [-0.15, -0.1) is 0 Å². The van der Waals surface area contributed by atoms with Gasteiger partial charge < -0.3 is 19.6 Å². The lowest BCUT2D eigenvalue weighted by atomic mass is 9.85. The lowest BCUT2D eigenvalue weighted by Crippen LogP contribution is -2.45. The molecule has 8 heteroatoms. The van der Waals surface area contributed by atoms with Gasteiger partial charge in [0.1, 0.15) is 5.82 Å². The lowest BCUT2D eigenvalue weighted by molar-refractivity contribution is -0.125. The second-order valence-corrected chi connectivity index (χ2v) is 9.44. The molecule has 32 heavy (non-hydrogen) atoms. The molecule has 1 N–H and O–H groups in total. The van der Waals surface area contributed by atoms with E-state index in [1.165, 1.54) is 25.7 Å². The van der Waals surface area contributed by atoms with Crippen molar-refractivity contribution in [3.8, 4) is 11.4 Å². The summed E-state index contributed by atoms with van der Waals surface area (Å²) in [5.74, 6) is 2.74. The zero-order chi connectivity index (χ0) is 21.8. The van der Waals surface area contributed by atoms with Gasteiger partial charge in [-0.2, -0.15) is 4.98 Å². The smallest absolute Gasteiger partial charge is 0.230 e. The highest BCUT2D eigenvalue weighted by molar-refractivity contribution is 5.80. The van der Waals surface area contributed by atoms with Crippen molar-refractivity contribution in [3.05, 3.63) is 24.2 Å². The van der Waals surface area contributed by atoms with Crippen LogP contribution in [0.2, 0.25) is 0 Å². The molecular weight excluding hydrogens is 404 g/mol. The standard InChI is InChI=1S/C24H34N6O2/c31-23(26-12-16-29-13-2-1-3-14-29)19-9-6-15-30(17-19)22-20(10-5-11-25-22)21-27-24(32-28-21)18-7-4-8-18/h5,10-11,18-19H,1-4,6-9,12-17H2,(H,26,31)/t19-/m0/s1. The van der Waals surface area contributed by atoms with Gasteiger partial charge in [0.05, 0.1) is 11.5 Å². The third-order valence-corrected chi connectivity index (χ3v) is 7.19. The number of hydrogen-bond donors (Lipinski definition) is 1. The summed E-state index contributed by atoms with van der Waals surface area (Å²) < 4.78 is 5.54. The Morgan fingerprint density at radius 3 is 2.78 bits per heavy atom. The summed E-state index contributed by atoms with van der Waals surface area (Å²) in [5, 5.41) is 7.43. The van der Waals surface area contributed by atoms with Crippen LogP contribution in [-0.2, 0) is 4.79 Å². The monoisotopic (exact) mass is 438 g/mol. The molecule has 0 radical (unpaired) electrons. The number of nitrogens with one attached hydrogen (secondary N) is 1. The molecule has 172 valence electrons. The number of nitrogens with zero attached hydrogens (tertiary/aromatic N) is 5. The molecule has 8 nitrogen and oxygen atoms in total. The van der Waals surface area contributed by atoms with Crippen LogP contribution in [0.3, 0.4) is 0 Å². The van der Waals surface area contributed by atoms with Crippen LogP contribution in [0.25, 0.3) is 11.4 Å². The van der Waals surface area contributed by atoms with E-state index in [1.54, 1.807) is 6.20 Å². The first-order chi connectivity index (χ1) is 15.8. The van der Waals surface area contributed by atoms with Gasteiger partial charge in [0.25, 0.3) is 0 Å². The number of pyridine rings is 1. The summed E-state index contributed by atoms with van der Waals surface area (Å²) >= 11 is 0. The van der Waals surface area contributed by atoms with Crippen molar-refractivity contribution in [1.82, 2.24) is 25.3 Å². The van der Waals surface area contributed by atoms with Crippen molar-refractivity contribution in [1.29, 1.82) is 0 Å². The van der Waals surface area contributed by atoms with Crippen molar-refractivity contribution >= 4 is 11.7 Å². The molecule has 1 saturated carbocycles. The van der Waals surface area contributed by atoms with Crippen molar-refractivity contribution in [2.45, 2.75) is 57.3 Å². The number of carbonyl (C=O) groups is 1. The number of anilines is 1. The molecule has 0 aromatic carbocycles. The SMILES string of the molecule is O=C(NCCN1CCCCC1)[C@H]1CCCN(c2ncccc2-c2noc(C3CCC3)n2)C1. The van der Waals surface area contributed by atoms with Gasteiger partial charge >= 0.3 is 0 Å². The molecule has 1 atom stereocenters. The van der Waals surface area contributed by atoms with E-state index < -0.39 is 0 Å². The molecule has 0 bridgehead atoms. The van der Waals surface area contributed by atoms with Crippen LogP contribution in [0.15, 0.2) is 22.9 Å². The van der Waals surface area contributed by atoms with Crippen LogP contribution < -0.4 is 10.2 Å². The Bertz CT molecular complexity index is 905. The zero-order valence-corrected chi connectivity index (χ0v) is 18.8. The average molecular weight is 439 g/mol. The van der Waals surface area contributed by atoms with Crippen LogP contribution in [-0.4, -0.2) is 65.2 Å². The highest BCUT2D eigenvalue weighted by atomic mass is 16.5. The van der Waals surface area contributed by atoms with Crippen LogP contribution >= 0.6 is 0 Å². The summed E-state index contributed by atoms with van der Waals surface area (Å²) in [7, 11) is 0. The van der Waals surface area contributed by atoms with Crippen molar-refractivity contribution in [2.75, 3.05) is 44.2 Å². The molecule has 1 aliphatic carbocycles. The summed E-state index contributed by atoms with van der Waals surface area (Å²) in [6.07, 6.45) is 11.1. The second-order valence-electron chi connectivity index (χ2n) is 9.44. The van der Waals surface area contributed by atoms with Gasteiger partial charge in [0, 0.05) is 38.3 Å². The predicted octanol–water partition coefficient (Wildman–Crippen LogP) is 3.22. The Labute approximate surface area is 189 Å². The van der Waals surface area contributed by atoms with Crippen molar-refractivity contribution < 1.29 is 9.32 Å². The molecule has 0 spiro atoms. The minimum absolute atomic E-state index is 0.0178. The Morgan fingerprint density at radius 1 is 1.09 bits per heavy atom. The maximum atomic E-state index is 12.9. The molecule has 4 heterocycles. The van der Waals surface area contributed by atoms with E-state index in [0.29, 0.717) is 18.3 Å². The molecule has 2 aromatic heterocycles. The number of piperidine rings is 2. The quantitative estimate of drug-likeness (QED) is 0.710. The van der Waals surface area contributed by atoms with E-state index >= 15 is 0 Å². The fourth-order valence-electron chi connectivity index (χ4n) is 5.04. The number of hydrogen-bond acceptors (Lipinski definition) is 7. The van der Waals surface area contributed by atoms with E-state index in [9.17, 15) is 4.79 Å². The molecule has 5 rings (SSSR count). The van der Waals surface area contributed by atoms with E-state index in [4.69, 9.17) is 4.52 Å². The summed E-state index contributed by atoms with van der Waals surface area (Å²) in [6.45, 7) is 5.56. The van der Waals surface area contributed by atoms with E-state index in [0.717, 1.165) is 75.7 Å². The van der Waals surface area contributed by atoms with Crippen molar-refractivity contribution in [2.24, 2.45) is 5.92 Å². The number of carbonyl (C=O) groups excluding carboxylic acids is 1. The lowest BCUT2D eigenvalue weighted by Gasteiger charge is -2.34. The maximum absolute atomic E-state index is 12.9. The fourth-order valence-corrected chi connectivity index (χ4v) is 5.04. The first kappa shape index (κ1) is 21.4. The summed E-state index contributed by atoms with van der Waals surface area (Å²) in [4.78, 5) is 26.9. The van der Waals surface area contributed by atoms with Crippen LogP contribution in [0, 0.1) is 5.92 Å². The summed E-state index contributed by atoms with van der Waals surface area (Å²) in [6, 6.07) is 3.91. The molecule has 3 aliphatic rings. The van der Waals surface area contributed by atoms with Gasteiger partial charge in [-0.1, -0.05) is 18.0 Å². The molecule has 2 aromatic rings. The second kappa shape index (κ2) is 9.98. The van der Waals surface area contributed by atoms with Gasteiger partial charge in [-0.3, -0.25) is 4.79 Å². The van der Waals surface area contributed by atoms with E-state index in [2.05, 4.69) is 30.2 Å². The van der Waals surface area contributed by atoms with Crippen LogP contribution in [0.5, 0.6) is 0 Å². The average Bonchev–Trinajstić information content (AvgIpc) is 3.28. The molecule has 1 amide bonds. The van der Waals surface area contributed by atoms with Gasteiger partial charge in [-0.05, 0) is 63.7 Å². The number of rotatable bonds is 7. The third kappa shape index (κ3) is 4.80. The van der Waals surface area contributed by atoms with Gasteiger partial charge in [0.2, 0.25) is 17.6 Å². The molecule has 0 unspecified atom stereocenters. The first-order valence-electron chi connectivity index (χ1n) is 12.3. The summed E-state index contributed by atoms with van der Waals surface area (Å²) in [5.41, 5.74) is 0.882. The molecule has 2 saturated heterocycles. The number of likely N-dealkylation sites (tertiary alicyclic amines) is 1. The first-order valence-corrected chi connectivity index (χ1v) is 12.3. The Hall–Kier alpha value is -2.48. The Balaban J connectivity index is 1.21. The van der Waals surface area contributed by atoms with Crippen molar-refractivity contribution in [3.63, 3.8) is 0 Å². The number of amides is 1. The molecular formula is C24H34N6O2. The third-order valence-electron chi connectivity index (χ3n) is 7.19. The Kier molecular flexibility index (Phi) is 6.67. The minimum Gasteiger partial charge on any atom is -0.355 e. The number of aromatic nitrogens is 3. The largest absolute Gasteiger partial charge is 0.355 e. The van der Waals surface area contributed by atoms with E-state index in [1.807, 2.05) is 12.1 Å². The van der Waals surface area contributed by atoms with Gasteiger partial charge in [0.15, 0.2) is 0 Å². The van der Waals surface area contributed by atoms with E-state index in [-0.39, 0.29) is 11.8 Å². The van der Waals surface area contributed by atoms with Crippen LogP contribution in [0.1, 0.15) is 63.2 Å². The zero-order valence-electron chi connectivity index (χ0n) is 18.8.